The maximum Gasteiger partial charge on any atom is 0.276 e. The molecule has 1 aromatic heterocycles. The van der Waals surface area contributed by atoms with E-state index in [9.17, 15) is 4.79 Å². The molecule has 0 radical (unpaired) electrons. The number of hydrogen-bond acceptors (Lipinski definition) is 3. The summed E-state index contributed by atoms with van der Waals surface area (Å²) in [6, 6.07) is 10.5. The molecule has 0 spiro atoms. The molecule has 1 atom stereocenters. The van der Waals surface area contributed by atoms with Gasteiger partial charge in [-0.15, -0.1) is 5.10 Å². The number of aryl methyl sites for hydroxylation is 2. The minimum atomic E-state index is 0.0580. The van der Waals surface area contributed by atoms with Gasteiger partial charge in [-0.1, -0.05) is 67.6 Å². The highest BCUT2D eigenvalue weighted by Gasteiger charge is 2.33. The molecule has 1 aliphatic heterocycles. The molecule has 2 aliphatic rings. The van der Waals surface area contributed by atoms with Crippen molar-refractivity contribution in [3.8, 4) is 0 Å². The minimum absolute atomic E-state index is 0.0580. The highest BCUT2D eigenvalue weighted by molar-refractivity contribution is 5.92. The number of carbonyl (C=O) groups excluding carboxylic acids is 1. The van der Waals surface area contributed by atoms with Crippen LogP contribution in [0.3, 0.4) is 0 Å². The molecule has 1 saturated heterocycles. The van der Waals surface area contributed by atoms with Gasteiger partial charge in [0.25, 0.3) is 5.91 Å². The van der Waals surface area contributed by atoms with Crippen LogP contribution in [0, 0.1) is 11.8 Å². The van der Waals surface area contributed by atoms with Crippen molar-refractivity contribution in [1.29, 1.82) is 0 Å². The molecular formula is C22H30N4O. The fourth-order valence-corrected chi connectivity index (χ4v) is 4.72. The lowest BCUT2D eigenvalue weighted by Gasteiger charge is -2.27. The Morgan fingerprint density at radius 2 is 1.85 bits per heavy atom. The average molecular weight is 367 g/mol. The molecule has 27 heavy (non-hydrogen) atoms. The van der Waals surface area contributed by atoms with Crippen LogP contribution in [0.25, 0.3) is 0 Å². The monoisotopic (exact) mass is 366 g/mol. The van der Waals surface area contributed by atoms with Gasteiger partial charge < -0.3 is 4.90 Å². The number of carbonyl (C=O) groups is 1. The summed E-state index contributed by atoms with van der Waals surface area (Å²) in [6.45, 7) is 2.57. The summed E-state index contributed by atoms with van der Waals surface area (Å²) in [5, 5.41) is 8.31. The summed E-state index contributed by atoms with van der Waals surface area (Å²) in [5.41, 5.74) is 1.83. The molecule has 2 aromatic rings. The molecule has 0 bridgehead atoms. The van der Waals surface area contributed by atoms with E-state index in [2.05, 4.69) is 34.6 Å². The molecule has 1 saturated carbocycles. The summed E-state index contributed by atoms with van der Waals surface area (Å²) in [5.74, 6) is 1.57. The van der Waals surface area contributed by atoms with Crippen molar-refractivity contribution in [2.24, 2.45) is 11.8 Å². The molecule has 2 fully saturated rings. The second-order valence-corrected chi connectivity index (χ2v) is 8.15. The van der Waals surface area contributed by atoms with Gasteiger partial charge in [0, 0.05) is 19.6 Å². The largest absolute Gasteiger partial charge is 0.337 e. The molecule has 0 N–H and O–H groups in total. The Morgan fingerprint density at radius 1 is 1.04 bits per heavy atom. The fraction of sp³-hybridized carbons (Fsp3) is 0.591. The van der Waals surface area contributed by atoms with Gasteiger partial charge in [0.1, 0.15) is 0 Å². The van der Waals surface area contributed by atoms with Crippen molar-refractivity contribution in [3.05, 3.63) is 47.8 Å². The molecule has 2 heterocycles. The number of hydrogen-bond donors (Lipinski definition) is 0. The smallest absolute Gasteiger partial charge is 0.276 e. The van der Waals surface area contributed by atoms with Gasteiger partial charge in [-0.05, 0) is 36.7 Å². The third-order valence-electron chi connectivity index (χ3n) is 6.28. The Labute approximate surface area is 161 Å². The van der Waals surface area contributed by atoms with E-state index in [0.29, 0.717) is 11.6 Å². The standard InChI is InChI=1S/C22H30N4O/c27-22(25-15-13-20(16-25)19-11-5-2-6-12-19)21-17-26(24-23-21)14-7-10-18-8-3-1-4-9-18/h1,3-4,8-9,17,19-20H,2,5-7,10-16H2/t20-/m0/s1. The summed E-state index contributed by atoms with van der Waals surface area (Å²) < 4.78 is 1.81. The number of aromatic nitrogens is 3. The number of likely N-dealkylation sites (tertiary alicyclic amines) is 1. The van der Waals surface area contributed by atoms with E-state index in [1.165, 1.54) is 37.7 Å². The van der Waals surface area contributed by atoms with Crippen LogP contribution in [0.1, 0.15) is 61.0 Å². The molecule has 1 aromatic carbocycles. The zero-order chi connectivity index (χ0) is 18.5. The van der Waals surface area contributed by atoms with Crippen LogP contribution in [-0.4, -0.2) is 38.9 Å². The summed E-state index contributed by atoms with van der Waals surface area (Å²) in [7, 11) is 0. The molecule has 1 amide bonds. The summed E-state index contributed by atoms with van der Waals surface area (Å²) >= 11 is 0. The van der Waals surface area contributed by atoms with E-state index in [-0.39, 0.29) is 5.91 Å². The van der Waals surface area contributed by atoms with E-state index in [0.717, 1.165) is 44.8 Å². The number of nitrogens with zero attached hydrogens (tertiary/aromatic N) is 4. The van der Waals surface area contributed by atoms with Crippen molar-refractivity contribution in [2.45, 2.75) is 57.9 Å². The van der Waals surface area contributed by atoms with Crippen molar-refractivity contribution in [1.82, 2.24) is 19.9 Å². The Balaban J connectivity index is 1.27. The van der Waals surface area contributed by atoms with Crippen LogP contribution >= 0.6 is 0 Å². The lowest BCUT2D eigenvalue weighted by atomic mass is 9.80. The van der Waals surface area contributed by atoms with Gasteiger partial charge in [-0.2, -0.15) is 0 Å². The zero-order valence-electron chi connectivity index (χ0n) is 16.1. The summed E-state index contributed by atoms with van der Waals surface area (Å²) in [4.78, 5) is 14.8. The predicted octanol–water partition coefficient (Wildman–Crippen LogP) is 3.95. The average Bonchev–Trinajstić information content (AvgIpc) is 3.39. The molecule has 5 nitrogen and oxygen atoms in total. The van der Waals surface area contributed by atoms with Crippen molar-refractivity contribution in [2.75, 3.05) is 13.1 Å². The highest BCUT2D eigenvalue weighted by atomic mass is 16.2. The summed E-state index contributed by atoms with van der Waals surface area (Å²) in [6.07, 6.45) is 11.8. The van der Waals surface area contributed by atoms with E-state index in [1.807, 2.05) is 21.8 Å². The Hall–Kier alpha value is -2.17. The van der Waals surface area contributed by atoms with Crippen LogP contribution in [0.5, 0.6) is 0 Å². The third-order valence-corrected chi connectivity index (χ3v) is 6.28. The maximum absolute atomic E-state index is 12.8. The molecule has 144 valence electrons. The normalized spacial score (nSPS) is 20.9. The number of amides is 1. The lowest BCUT2D eigenvalue weighted by molar-refractivity contribution is 0.0773. The first-order valence-corrected chi connectivity index (χ1v) is 10.5. The number of benzene rings is 1. The molecular weight excluding hydrogens is 336 g/mol. The molecule has 5 heteroatoms. The fourth-order valence-electron chi connectivity index (χ4n) is 4.72. The second kappa shape index (κ2) is 8.68. The van der Waals surface area contributed by atoms with Gasteiger partial charge in [0.2, 0.25) is 0 Å². The van der Waals surface area contributed by atoms with Crippen LogP contribution < -0.4 is 0 Å². The van der Waals surface area contributed by atoms with E-state index in [1.54, 1.807) is 0 Å². The van der Waals surface area contributed by atoms with Crippen LogP contribution in [0.15, 0.2) is 36.5 Å². The zero-order valence-corrected chi connectivity index (χ0v) is 16.1. The first kappa shape index (κ1) is 18.2. The molecule has 0 unspecified atom stereocenters. The lowest BCUT2D eigenvalue weighted by Crippen LogP contribution is -2.30. The van der Waals surface area contributed by atoms with Gasteiger partial charge in [-0.3, -0.25) is 9.48 Å². The molecule has 4 rings (SSSR count). The van der Waals surface area contributed by atoms with Crippen LogP contribution in [-0.2, 0) is 13.0 Å². The second-order valence-electron chi connectivity index (χ2n) is 8.15. The highest BCUT2D eigenvalue weighted by Crippen LogP contribution is 2.35. The van der Waals surface area contributed by atoms with Crippen molar-refractivity contribution >= 4 is 5.91 Å². The Kier molecular flexibility index (Phi) is 5.85. The first-order valence-electron chi connectivity index (χ1n) is 10.5. The van der Waals surface area contributed by atoms with Crippen LogP contribution in [0.4, 0.5) is 0 Å². The number of rotatable bonds is 6. The SMILES string of the molecule is O=C(c1cn(CCCc2ccccc2)nn1)N1CC[C@H](C2CCCCC2)C1. The predicted molar refractivity (Wildman–Crippen MR) is 105 cm³/mol. The van der Waals surface area contributed by atoms with Crippen molar-refractivity contribution in [3.63, 3.8) is 0 Å². The van der Waals surface area contributed by atoms with E-state index >= 15 is 0 Å². The van der Waals surface area contributed by atoms with Gasteiger partial charge in [0.05, 0.1) is 6.20 Å². The first-order chi connectivity index (χ1) is 13.3. The van der Waals surface area contributed by atoms with Crippen molar-refractivity contribution < 1.29 is 4.79 Å². The van der Waals surface area contributed by atoms with Crippen LogP contribution in [0.2, 0.25) is 0 Å². The van der Waals surface area contributed by atoms with Gasteiger partial charge in [0.15, 0.2) is 5.69 Å². The van der Waals surface area contributed by atoms with E-state index in [4.69, 9.17) is 0 Å². The van der Waals surface area contributed by atoms with E-state index < -0.39 is 0 Å². The maximum atomic E-state index is 12.8. The van der Waals surface area contributed by atoms with Gasteiger partial charge >= 0.3 is 0 Å². The van der Waals surface area contributed by atoms with Gasteiger partial charge in [-0.25, -0.2) is 0 Å². The Bertz CT molecular complexity index is 736. The molecule has 1 aliphatic carbocycles. The minimum Gasteiger partial charge on any atom is -0.337 e. The topological polar surface area (TPSA) is 51.0 Å². The third kappa shape index (κ3) is 4.57. The quantitative estimate of drug-likeness (QED) is 0.778. The Morgan fingerprint density at radius 3 is 2.67 bits per heavy atom.